The maximum atomic E-state index is 11.4. The van der Waals surface area contributed by atoms with E-state index >= 15 is 0 Å². The minimum absolute atomic E-state index is 0.165. The van der Waals surface area contributed by atoms with Gasteiger partial charge in [-0.15, -0.1) is 0 Å². The maximum Gasteiger partial charge on any atom is 0.380 e. The quantitative estimate of drug-likeness (QED) is 0.825. The van der Waals surface area contributed by atoms with Crippen molar-refractivity contribution in [3.63, 3.8) is 0 Å². The fourth-order valence-corrected chi connectivity index (χ4v) is 6.86. The highest BCUT2D eigenvalue weighted by Gasteiger charge is 2.54. The van der Waals surface area contributed by atoms with Gasteiger partial charge < -0.3 is 8.92 Å². The number of benzene rings is 1. The van der Waals surface area contributed by atoms with E-state index in [0.29, 0.717) is 35.8 Å². The Hall–Kier alpha value is -1.78. The first-order chi connectivity index (χ1) is 13.3. The molecule has 0 radical (unpaired) electrons. The maximum absolute atomic E-state index is 11.4. The van der Waals surface area contributed by atoms with Gasteiger partial charge in [0.15, 0.2) is 11.5 Å². The molecule has 2 N–H and O–H groups in total. The highest BCUT2D eigenvalue weighted by Crippen LogP contribution is 2.63. The number of hydrogen-bond acceptors (Lipinski definition) is 5. The Bertz CT molecular complexity index is 923. The summed E-state index contributed by atoms with van der Waals surface area (Å²) in [5.74, 6) is 2.83. The van der Waals surface area contributed by atoms with Crippen LogP contribution in [0.1, 0.15) is 62.5 Å². The third kappa shape index (κ3) is 3.17. The standard InChI is InChI=1S/C21H28N2O4S/c1-21-9-7-15-16(18(21)6-4-14(21)8-10-22)5-3-13-11-20(27-28(23,24)25)19(26-2)12-17(13)15/h11-12,14-16,18H,3-9H2,1-2H3,(H2,23,24,25). The van der Waals surface area contributed by atoms with Gasteiger partial charge in [-0.05, 0) is 90.9 Å². The van der Waals surface area contributed by atoms with Crippen molar-refractivity contribution in [3.8, 4) is 17.6 Å². The fourth-order valence-electron chi connectivity index (χ4n) is 6.48. The SMILES string of the molecule is COc1cc2c(cc1OS(N)(=O)=O)CCC1C2CCC2(C)C(CC#N)CCC12. The highest BCUT2D eigenvalue weighted by molar-refractivity contribution is 7.84. The van der Waals surface area contributed by atoms with Crippen molar-refractivity contribution in [1.82, 2.24) is 0 Å². The van der Waals surface area contributed by atoms with E-state index < -0.39 is 10.3 Å². The van der Waals surface area contributed by atoms with Crippen LogP contribution in [0, 0.1) is 34.5 Å². The van der Waals surface area contributed by atoms with Gasteiger partial charge in [-0.2, -0.15) is 18.8 Å². The predicted octanol–water partition coefficient (Wildman–Crippen LogP) is 3.66. The summed E-state index contributed by atoms with van der Waals surface area (Å²) in [5.41, 5.74) is 2.67. The molecule has 1 aromatic carbocycles. The van der Waals surface area contributed by atoms with Gasteiger partial charge in [0, 0.05) is 6.42 Å². The minimum Gasteiger partial charge on any atom is -0.493 e. The van der Waals surface area contributed by atoms with Gasteiger partial charge in [0.05, 0.1) is 13.2 Å². The molecule has 0 spiro atoms. The summed E-state index contributed by atoms with van der Waals surface area (Å²) in [6.45, 7) is 2.40. The number of rotatable bonds is 4. The zero-order chi connectivity index (χ0) is 20.1. The Morgan fingerprint density at radius 2 is 2.04 bits per heavy atom. The summed E-state index contributed by atoms with van der Waals surface area (Å²) in [4.78, 5) is 0. The number of ether oxygens (including phenoxy) is 1. The first-order valence-electron chi connectivity index (χ1n) is 10.1. The molecule has 7 heteroatoms. The Morgan fingerprint density at radius 1 is 1.25 bits per heavy atom. The number of aryl methyl sites for hydroxylation is 1. The van der Waals surface area contributed by atoms with Crippen molar-refractivity contribution in [1.29, 1.82) is 5.26 Å². The predicted molar refractivity (Wildman–Crippen MR) is 105 cm³/mol. The molecule has 3 aliphatic rings. The van der Waals surface area contributed by atoms with Crippen LogP contribution in [0.4, 0.5) is 0 Å². The van der Waals surface area contributed by atoms with E-state index in [1.54, 1.807) is 6.07 Å². The van der Waals surface area contributed by atoms with Crippen molar-refractivity contribution >= 4 is 10.3 Å². The van der Waals surface area contributed by atoms with E-state index in [0.717, 1.165) is 37.7 Å². The number of nitriles is 1. The molecule has 28 heavy (non-hydrogen) atoms. The van der Waals surface area contributed by atoms with Crippen molar-refractivity contribution < 1.29 is 17.3 Å². The van der Waals surface area contributed by atoms with Crippen LogP contribution in [-0.4, -0.2) is 15.5 Å². The minimum atomic E-state index is -4.10. The lowest BCUT2D eigenvalue weighted by Crippen LogP contribution is -2.42. The van der Waals surface area contributed by atoms with Gasteiger partial charge in [0.2, 0.25) is 0 Å². The summed E-state index contributed by atoms with van der Waals surface area (Å²) < 4.78 is 33.1. The van der Waals surface area contributed by atoms with Gasteiger partial charge in [-0.25, -0.2) is 0 Å². The molecule has 0 heterocycles. The van der Waals surface area contributed by atoms with Crippen LogP contribution in [-0.2, 0) is 16.7 Å². The summed E-state index contributed by atoms with van der Waals surface area (Å²) >= 11 is 0. The van der Waals surface area contributed by atoms with E-state index in [4.69, 9.17) is 14.1 Å². The molecule has 4 rings (SSSR count). The van der Waals surface area contributed by atoms with Crippen molar-refractivity contribution in [2.75, 3.05) is 7.11 Å². The third-order valence-electron chi connectivity index (χ3n) is 7.75. The Balaban J connectivity index is 1.67. The van der Waals surface area contributed by atoms with Crippen LogP contribution in [0.3, 0.4) is 0 Å². The molecular weight excluding hydrogens is 376 g/mol. The zero-order valence-electron chi connectivity index (χ0n) is 16.5. The van der Waals surface area contributed by atoms with Crippen molar-refractivity contribution in [2.24, 2.45) is 28.3 Å². The van der Waals surface area contributed by atoms with E-state index in [2.05, 4.69) is 13.0 Å². The second kappa shape index (κ2) is 6.93. The van der Waals surface area contributed by atoms with E-state index in [9.17, 15) is 13.7 Å². The first-order valence-corrected chi connectivity index (χ1v) is 11.5. The van der Waals surface area contributed by atoms with Gasteiger partial charge in [0.25, 0.3) is 0 Å². The molecule has 152 valence electrons. The van der Waals surface area contributed by atoms with Gasteiger partial charge in [-0.1, -0.05) is 6.92 Å². The largest absolute Gasteiger partial charge is 0.493 e. The molecule has 3 aliphatic carbocycles. The Morgan fingerprint density at radius 3 is 2.71 bits per heavy atom. The lowest BCUT2D eigenvalue weighted by atomic mass is 9.54. The average Bonchev–Trinajstić information content (AvgIpc) is 2.96. The Labute approximate surface area is 167 Å². The second-order valence-electron chi connectivity index (χ2n) is 8.87. The summed E-state index contributed by atoms with van der Waals surface area (Å²) in [7, 11) is -2.58. The van der Waals surface area contributed by atoms with Gasteiger partial charge in [-0.3, -0.25) is 0 Å². The smallest absolute Gasteiger partial charge is 0.380 e. The first kappa shape index (κ1) is 19.5. The van der Waals surface area contributed by atoms with Crippen LogP contribution in [0.2, 0.25) is 0 Å². The molecule has 0 aliphatic heterocycles. The number of methoxy groups -OCH3 is 1. The van der Waals surface area contributed by atoms with Crippen LogP contribution >= 0.6 is 0 Å². The Kier molecular flexibility index (Phi) is 4.83. The normalized spacial score (nSPS) is 33.9. The topological polar surface area (TPSA) is 102 Å². The van der Waals surface area contributed by atoms with E-state index in [-0.39, 0.29) is 11.2 Å². The summed E-state index contributed by atoms with van der Waals surface area (Å²) in [6, 6.07) is 6.15. The fraction of sp³-hybridized carbons (Fsp3) is 0.667. The summed E-state index contributed by atoms with van der Waals surface area (Å²) in [6.07, 6.45) is 7.28. The average molecular weight is 405 g/mol. The highest BCUT2D eigenvalue weighted by atomic mass is 32.2. The summed E-state index contributed by atoms with van der Waals surface area (Å²) in [5, 5.41) is 14.3. The molecule has 6 nitrogen and oxygen atoms in total. The van der Waals surface area contributed by atoms with Crippen molar-refractivity contribution in [3.05, 3.63) is 23.3 Å². The second-order valence-corrected chi connectivity index (χ2v) is 10.0. The number of nitrogens with two attached hydrogens (primary N) is 1. The monoisotopic (exact) mass is 404 g/mol. The lowest BCUT2D eigenvalue weighted by molar-refractivity contribution is 0.0296. The van der Waals surface area contributed by atoms with Crippen LogP contribution in [0.15, 0.2) is 12.1 Å². The molecule has 5 unspecified atom stereocenters. The zero-order valence-corrected chi connectivity index (χ0v) is 17.3. The van der Waals surface area contributed by atoms with Crippen molar-refractivity contribution in [2.45, 2.75) is 57.8 Å². The number of hydrogen-bond donors (Lipinski definition) is 1. The third-order valence-corrected chi connectivity index (χ3v) is 8.16. The molecule has 0 aromatic heterocycles. The molecule has 2 fully saturated rings. The number of nitrogens with zero attached hydrogens (tertiary/aromatic N) is 1. The van der Waals surface area contributed by atoms with Crippen LogP contribution in [0.5, 0.6) is 11.5 Å². The molecule has 5 atom stereocenters. The molecular formula is C21H28N2O4S. The van der Waals surface area contributed by atoms with Crippen LogP contribution < -0.4 is 14.1 Å². The molecule has 2 saturated carbocycles. The van der Waals surface area contributed by atoms with E-state index in [1.807, 2.05) is 6.07 Å². The molecule has 1 aromatic rings. The van der Waals surface area contributed by atoms with Gasteiger partial charge in [0.1, 0.15) is 0 Å². The van der Waals surface area contributed by atoms with Gasteiger partial charge >= 0.3 is 10.3 Å². The molecule has 0 bridgehead atoms. The molecule has 0 saturated heterocycles. The van der Waals surface area contributed by atoms with Crippen LogP contribution in [0.25, 0.3) is 0 Å². The van der Waals surface area contributed by atoms with E-state index in [1.165, 1.54) is 19.1 Å². The number of fused-ring (bicyclic) bond motifs is 5. The molecule has 0 amide bonds. The lowest BCUT2D eigenvalue weighted by Gasteiger charge is -2.51.